The molecule has 172 valence electrons. The Hall–Kier alpha value is -2.96. The Kier molecular flexibility index (Phi) is 6.04. The molecular formula is C28H27BrN4S. The molecule has 34 heavy (non-hydrogen) atoms. The lowest BCUT2D eigenvalue weighted by Gasteiger charge is -2.28. The van der Waals surface area contributed by atoms with Crippen LogP contribution in [0.3, 0.4) is 0 Å². The molecule has 0 aliphatic carbocycles. The summed E-state index contributed by atoms with van der Waals surface area (Å²) in [5.74, 6) is 0. The van der Waals surface area contributed by atoms with Crippen LogP contribution in [0.4, 0.5) is 5.69 Å². The van der Waals surface area contributed by atoms with Crippen LogP contribution in [0.1, 0.15) is 45.9 Å². The molecule has 2 aromatic heterocycles. The normalized spacial score (nSPS) is 17.8. The number of pyridine rings is 1. The van der Waals surface area contributed by atoms with Crippen LogP contribution in [-0.2, 0) is 0 Å². The number of thiocarbonyl (C=S) groups is 1. The summed E-state index contributed by atoms with van der Waals surface area (Å²) in [6.07, 6.45) is 1.85. The summed E-state index contributed by atoms with van der Waals surface area (Å²) >= 11 is 9.46. The number of benzene rings is 2. The molecule has 4 nitrogen and oxygen atoms in total. The second kappa shape index (κ2) is 9.01. The molecule has 1 fully saturated rings. The van der Waals surface area contributed by atoms with Crippen molar-refractivity contribution in [2.24, 2.45) is 0 Å². The molecule has 1 N–H and O–H groups in total. The number of halogens is 1. The van der Waals surface area contributed by atoms with Gasteiger partial charge in [0.1, 0.15) is 0 Å². The molecule has 2 aromatic carbocycles. The van der Waals surface area contributed by atoms with Crippen molar-refractivity contribution in [3.63, 3.8) is 0 Å². The van der Waals surface area contributed by atoms with Gasteiger partial charge in [0.15, 0.2) is 5.11 Å². The molecule has 3 heterocycles. The van der Waals surface area contributed by atoms with Crippen LogP contribution >= 0.6 is 28.1 Å². The minimum atomic E-state index is -0.0655. The minimum absolute atomic E-state index is 0.0344. The molecule has 0 amide bonds. The van der Waals surface area contributed by atoms with E-state index in [0.717, 1.165) is 15.9 Å². The van der Waals surface area contributed by atoms with E-state index in [1.54, 1.807) is 0 Å². The third-order valence-corrected chi connectivity index (χ3v) is 7.50. The summed E-state index contributed by atoms with van der Waals surface area (Å²) in [6, 6.07) is 23.1. The van der Waals surface area contributed by atoms with Crippen molar-refractivity contribution in [3.8, 4) is 5.69 Å². The van der Waals surface area contributed by atoms with Gasteiger partial charge in [0.25, 0.3) is 0 Å². The van der Waals surface area contributed by atoms with Crippen LogP contribution in [0.25, 0.3) is 5.69 Å². The smallest absolute Gasteiger partial charge is 0.174 e. The summed E-state index contributed by atoms with van der Waals surface area (Å²) in [5, 5.41) is 4.28. The third kappa shape index (κ3) is 3.85. The Balaban J connectivity index is 1.71. The van der Waals surface area contributed by atoms with Crippen LogP contribution in [-0.4, -0.2) is 14.7 Å². The highest BCUT2D eigenvalue weighted by molar-refractivity contribution is 9.10. The van der Waals surface area contributed by atoms with E-state index >= 15 is 0 Å². The Morgan fingerprint density at radius 1 is 0.912 bits per heavy atom. The number of hydrogen-bond acceptors (Lipinski definition) is 2. The van der Waals surface area contributed by atoms with E-state index in [-0.39, 0.29) is 12.1 Å². The Bertz CT molecular complexity index is 1340. The number of hydrogen-bond donors (Lipinski definition) is 1. The molecule has 4 aromatic rings. The summed E-state index contributed by atoms with van der Waals surface area (Å²) < 4.78 is 3.43. The zero-order valence-electron chi connectivity index (χ0n) is 19.7. The van der Waals surface area contributed by atoms with Crippen LogP contribution in [0.5, 0.6) is 0 Å². The van der Waals surface area contributed by atoms with Crippen molar-refractivity contribution < 1.29 is 0 Å². The topological polar surface area (TPSA) is 33.1 Å². The monoisotopic (exact) mass is 530 g/mol. The zero-order chi connectivity index (χ0) is 24.0. The molecule has 6 heteroatoms. The first-order chi connectivity index (χ1) is 16.4. The largest absolute Gasteiger partial charge is 0.351 e. The summed E-state index contributed by atoms with van der Waals surface area (Å²) in [4.78, 5) is 6.93. The second-order valence-electron chi connectivity index (χ2n) is 8.88. The molecular weight excluding hydrogens is 504 g/mol. The van der Waals surface area contributed by atoms with Gasteiger partial charge < -0.3 is 14.8 Å². The number of aryl methyl sites for hydroxylation is 3. The van der Waals surface area contributed by atoms with E-state index in [1.165, 1.54) is 33.8 Å². The first kappa shape index (κ1) is 22.8. The maximum Gasteiger partial charge on any atom is 0.174 e. The maximum atomic E-state index is 5.90. The standard InChI is InChI=1S/C28H27BrN4S/c1-17-8-7-9-18(2)26(17)32-19(3)16-23(20(32)4)27-25(24-10-5-6-15-30-24)31-28(34)33(27)22-13-11-21(29)12-14-22/h5-16,25,27H,1-4H3,(H,31,34)/t25-,27+/m1/s1. The fraction of sp³-hybridized carbons (Fsp3) is 0.214. The van der Waals surface area contributed by atoms with Crippen molar-refractivity contribution in [1.82, 2.24) is 14.9 Å². The van der Waals surface area contributed by atoms with E-state index in [2.05, 4.69) is 113 Å². The molecule has 0 spiro atoms. The molecule has 5 rings (SSSR count). The number of anilines is 1. The highest BCUT2D eigenvalue weighted by Crippen LogP contribution is 2.44. The summed E-state index contributed by atoms with van der Waals surface area (Å²) in [6.45, 7) is 8.75. The molecule has 0 unspecified atom stereocenters. The zero-order valence-corrected chi connectivity index (χ0v) is 22.1. The maximum absolute atomic E-state index is 5.90. The van der Waals surface area contributed by atoms with Crippen molar-refractivity contribution in [2.75, 3.05) is 4.90 Å². The molecule has 1 saturated heterocycles. The molecule has 0 saturated carbocycles. The van der Waals surface area contributed by atoms with Gasteiger partial charge in [-0.3, -0.25) is 4.98 Å². The van der Waals surface area contributed by atoms with Gasteiger partial charge in [-0.25, -0.2) is 0 Å². The van der Waals surface area contributed by atoms with Crippen molar-refractivity contribution >= 4 is 38.9 Å². The SMILES string of the molecule is Cc1cccc(C)c1-n1c(C)cc([C@H]2[C@@H](c3ccccn3)NC(=S)N2c2ccc(Br)cc2)c1C. The Labute approximate surface area is 214 Å². The summed E-state index contributed by atoms with van der Waals surface area (Å²) in [7, 11) is 0. The van der Waals surface area contributed by atoms with Crippen LogP contribution in [0, 0.1) is 27.7 Å². The van der Waals surface area contributed by atoms with Gasteiger partial charge in [0.05, 0.1) is 23.5 Å². The van der Waals surface area contributed by atoms with E-state index < -0.39 is 0 Å². The highest BCUT2D eigenvalue weighted by Gasteiger charge is 2.42. The predicted octanol–water partition coefficient (Wildman–Crippen LogP) is 7.05. The predicted molar refractivity (Wildman–Crippen MR) is 147 cm³/mol. The fourth-order valence-electron chi connectivity index (χ4n) is 5.14. The Morgan fingerprint density at radius 2 is 1.62 bits per heavy atom. The molecule has 0 radical (unpaired) electrons. The number of nitrogens with zero attached hydrogens (tertiary/aromatic N) is 3. The van der Waals surface area contributed by atoms with Crippen molar-refractivity contribution in [3.05, 3.63) is 111 Å². The third-order valence-electron chi connectivity index (χ3n) is 6.65. The van der Waals surface area contributed by atoms with Crippen LogP contribution < -0.4 is 10.2 Å². The Morgan fingerprint density at radius 3 is 2.26 bits per heavy atom. The van der Waals surface area contributed by atoms with Crippen molar-refractivity contribution in [2.45, 2.75) is 39.8 Å². The van der Waals surface area contributed by atoms with Crippen LogP contribution in [0.2, 0.25) is 0 Å². The van der Waals surface area contributed by atoms with E-state index in [4.69, 9.17) is 17.2 Å². The van der Waals surface area contributed by atoms with Gasteiger partial charge in [0, 0.05) is 27.7 Å². The van der Waals surface area contributed by atoms with Gasteiger partial charge in [-0.2, -0.15) is 0 Å². The molecule has 1 aliphatic heterocycles. The minimum Gasteiger partial charge on any atom is -0.351 e. The number of rotatable bonds is 4. The summed E-state index contributed by atoms with van der Waals surface area (Å²) in [5.41, 5.74) is 9.48. The average molecular weight is 532 g/mol. The molecule has 0 bridgehead atoms. The van der Waals surface area contributed by atoms with E-state index in [1.807, 2.05) is 18.3 Å². The van der Waals surface area contributed by atoms with Gasteiger partial charge in [-0.1, -0.05) is 40.2 Å². The lowest BCUT2D eigenvalue weighted by molar-refractivity contribution is 0.565. The molecule has 1 aliphatic rings. The first-order valence-corrected chi connectivity index (χ1v) is 12.6. The van der Waals surface area contributed by atoms with E-state index in [9.17, 15) is 0 Å². The fourth-order valence-corrected chi connectivity index (χ4v) is 5.75. The quantitative estimate of drug-likeness (QED) is 0.286. The second-order valence-corrected chi connectivity index (χ2v) is 10.2. The average Bonchev–Trinajstić information content (AvgIpc) is 3.31. The van der Waals surface area contributed by atoms with Crippen LogP contribution in [0.15, 0.2) is 77.4 Å². The van der Waals surface area contributed by atoms with Crippen molar-refractivity contribution in [1.29, 1.82) is 0 Å². The first-order valence-electron chi connectivity index (χ1n) is 11.4. The number of aromatic nitrogens is 2. The van der Waals surface area contributed by atoms with Gasteiger partial charge in [-0.15, -0.1) is 0 Å². The van der Waals surface area contributed by atoms with E-state index in [0.29, 0.717) is 5.11 Å². The lowest BCUT2D eigenvalue weighted by atomic mass is 9.96. The van der Waals surface area contributed by atoms with Gasteiger partial charge in [0.2, 0.25) is 0 Å². The number of para-hydroxylation sites is 1. The van der Waals surface area contributed by atoms with Gasteiger partial charge >= 0.3 is 0 Å². The lowest BCUT2D eigenvalue weighted by Crippen LogP contribution is -2.29. The molecule has 2 atom stereocenters. The van der Waals surface area contributed by atoms with Gasteiger partial charge in [-0.05, 0) is 99.1 Å². The number of nitrogens with one attached hydrogen (secondary N) is 1. The highest BCUT2D eigenvalue weighted by atomic mass is 79.9.